The first-order chi connectivity index (χ1) is 15.7. The van der Waals surface area contributed by atoms with Crippen molar-refractivity contribution >= 4 is 27.3 Å². The van der Waals surface area contributed by atoms with Crippen molar-refractivity contribution in [2.75, 3.05) is 10.8 Å². The Morgan fingerprint density at radius 3 is 2.21 bits per heavy atom. The standard InChI is InChI=1S/C23H26F3N3O3S/c24-23(25,26)18-10-9-13-20(16-18)29(33(31,32)21-14-7-4-8-15-21)17-22(30)28-27-19-11-5-2-1-3-6-12-19/h4,7-10,13-16H,1-3,5-6,11-12,17H2,(H,28,30). The number of alkyl halides is 3. The normalized spacial score (nSPS) is 15.3. The summed E-state index contributed by atoms with van der Waals surface area (Å²) in [6.07, 6.45) is 2.12. The number of hydrogen-bond donors (Lipinski definition) is 1. The molecule has 33 heavy (non-hydrogen) atoms. The summed E-state index contributed by atoms with van der Waals surface area (Å²) < 4.78 is 66.9. The molecule has 0 aromatic heterocycles. The molecule has 1 amide bonds. The van der Waals surface area contributed by atoms with Crippen LogP contribution in [-0.4, -0.2) is 26.6 Å². The highest BCUT2D eigenvalue weighted by Gasteiger charge is 2.33. The Kier molecular flexibility index (Phi) is 8.12. The third kappa shape index (κ3) is 6.80. The van der Waals surface area contributed by atoms with Gasteiger partial charge in [0.05, 0.1) is 16.1 Å². The molecule has 0 bridgehead atoms. The van der Waals surface area contributed by atoms with Crippen molar-refractivity contribution < 1.29 is 26.4 Å². The smallest absolute Gasteiger partial charge is 0.271 e. The lowest BCUT2D eigenvalue weighted by Gasteiger charge is -2.24. The molecule has 1 fully saturated rings. The van der Waals surface area contributed by atoms with E-state index in [4.69, 9.17) is 0 Å². The maximum atomic E-state index is 13.2. The first kappa shape index (κ1) is 24.8. The van der Waals surface area contributed by atoms with Gasteiger partial charge in [-0.1, -0.05) is 43.5 Å². The number of nitrogens with zero attached hydrogens (tertiary/aromatic N) is 2. The molecule has 2 aromatic carbocycles. The SMILES string of the molecule is O=C(CN(c1cccc(C(F)(F)F)c1)S(=O)(=O)c1ccccc1)NN=C1CCCCCCC1. The van der Waals surface area contributed by atoms with Crippen LogP contribution in [0.3, 0.4) is 0 Å². The predicted octanol–water partition coefficient (Wildman–Crippen LogP) is 5.12. The first-order valence-corrected chi connectivity index (χ1v) is 12.2. The molecule has 10 heteroatoms. The number of halogens is 3. The minimum atomic E-state index is -4.66. The summed E-state index contributed by atoms with van der Waals surface area (Å²) in [4.78, 5) is 12.5. The number of nitrogens with one attached hydrogen (secondary N) is 1. The van der Waals surface area contributed by atoms with Crippen LogP contribution in [-0.2, 0) is 21.0 Å². The molecule has 0 atom stereocenters. The number of carbonyl (C=O) groups excluding carboxylic acids is 1. The number of benzene rings is 2. The molecule has 6 nitrogen and oxygen atoms in total. The maximum Gasteiger partial charge on any atom is 0.416 e. The lowest BCUT2D eigenvalue weighted by atomic mass is 9.99. The molecule has 0 unspecified atom stereocenters. The monoisotopic (exact) mass is 481 g/mol. The molecule has 1 aliphatic carbocycles. The van der Waals surface area contributed by atoms with Crippen molar-refractivity contribution in [1.29, 1.82) is 0 Å². The molecule has 178 valence electrons. The fraction of sp³-hybridized carbons (Fsp3) is 0.391. The first-order valence-electron chi connectivity index (χ1n) is 10.8. The van der Waals surface area contributed by atoms with E-state index in [0.717, 1.165) is 56.4 Å². The van der Waals surface area contributed by atoms with E-state index in [-0.39, 0.29) is 10.6 Å². The van der Waals surface area contributed by atoms with Gasteiger partial charge in [0.2, 0.25) is 0 Å². The minimum Gasteiger partial charge on any atom is -0.271 e. The van der Waals surface area contributed by atoms with Crippen molar-refractivity contribution in [2.24, 2.45) is 5.10 Å². The van der Waals surface area contributed by atoms with Gasteiger partial charge < -0.3 is 0 Å². The largest absolute Gasteiger partial charge is 0.416 e. The molecule has 0 saturated heterocycles. The van der Waals surface area contributed by atoms with Gasteiger partial charge in [-0.3, -0.25) is 9.10 Å². The summed E-state index contributed by atoms with van der Waals surface area (Å²) in [7, 11) is -4.31. The molecule has 0 heterocycles. The van der Waals surface area contributed by atoms with Gasteiger partial charge in [-0.25, -0.2) is 13.8 Å². The van der Waals surface area contributed by atoms with Gasteiger partial charge in [0.25, 0.3) is 15.9 Å². The van der Waals surface area contributed by atoms with Crippen LogP contribution in [0.4, 0.5) is 18.9 Å². The number of amides is 1. The third-order valence-electron chi connectivity index (χ3n) is 5.35. The maximum absolute atomic E-state index is 13.2. The molecule has 3 rings (SSSR count). The van der Waals surface area contributed by atoms with Crippen molar-refractivity contribution in [2.45, 2.75) is 56.0 Å². The third-order valence-corrected chi connectivity index (χ3v) is 7.14. The van der Waals surface area contributed by atoms with E-state index in [2.05, 4.69) is 10.5 Å². The van der Waals surface area contributed by atoms with Crippen molar-refractivity contribution in [3.05, 3.63) is 60.2 Å². The van der Waals surface area contributed by atoms with E-state index in [1.807, 2.05) is 0 Å². The van der Waals surface area contributed by atoms with Gasteiger partial charge in [-0.05, 0) is 56.0 Å². The Hall–Kier alpha value is -2.88. The van der Waals surface area contributed by atoms with E-state index in [1.54, 1.807) is 6.07 Å². The Labute approximate surface area is 191 Å². The lowest BCUT2D eigenvalue weighted by molar-refractivity contribution is -0.137. The quantitative estimate of drug-likeness (QED) is 0.582. The fourth-order valence-electron chi connectivity index (χ4n) is 3.60. The van der Waals surface area contributed by atoms with Crippen LogP contribution >= 0.6 is 0 Å². The van der Waals surface area contributed by atoms with Crippen molar-refractivity contribution in [1.82, 2.24) is 5.43 Å². The van der Waals surface area contributed by atoms with Crippen LogP contribution in [0.1, 0.15) is 50.5 Å². The van der Waals surface area contributed by atoms with Gasteiger partial charge in [0.15, 0.2) is 0 Å². The Morgan fingerprint density at radius 1 is 0.939 bits per heavy atom. The molecule has 1 saturated carbocycles. The van der Waals surface area contributed by atoms with Gasteiger partial charge >= 0.3 is 6.18 Å². The summed E-state index contributed by atoms with van der Waals surface area (Å²) in [5, 5.41) is 4.16. The van der Waals surface area contributed by atoms with E-state index in [9.17, 15) is 26.4 Å². The Bertz CT molecular complexity index is 1080. The summed E-state index contributed by atoms with van der Waals surface area (Å²) in [5.74, 6) is -0.735. The predicted molar refractivity (Wildman–Crippen MR) is 120 cm³/mol. The summed E-state index contributed by atoms with van der Waals surface area (Å²) in [6, 6.07) is 11.2. The van der Waals surface area contributed by atoms with Crippen LogP contribution in [0, 0.1) is 0 Å². The number of hydrazone groups is 1. The summed E-state index contributed by atoms with van der Waals surface area (Å²) in [5.41, 5.74) is 1.95. The molecular formula is C23H26F3N3O3S. The summed E-state index contributed by atoms with van der Waals surface area (Å²) in [6.45, 7) is -0.713. The van der Waals surface area contributed by atoms with Gasteiger partial charge in [-0.15, -0.1) is 0 Å². The zero-order chi connectivity index (χ0) is 23.9. The van der Waals surface area contributed by atoms with Crippen molar-refractivity contribution in [3.8, 4) is 0 Å². The molecule has 0 aliphatic heterocycles. The van der Waals surface area contributed by atoms with Crippen LogP contribution in [0.2, 0.25) is 0 Å². The molecular weight excluding hydrogens is 455 g/mol. The van der Waals surface area contributed by atoms with Crippen LogP contribution in [0.5, 0.6) is 0 Å². The number of hydrogen-bond acceptors (Lipinski definition) is 4. The van der Waals surface area contributed by atoms with E-state index < -0.39 is 34.2 Å². The average molecular weight is 482 g/mol. The Morgan fingerprint density at radius 2 is 1.58 bits per heavy atom. The van der Waals surface area contributed by atoms with Gasteiger partial charge in [0, 0.05) is 5.71 Å². The number of anilines is 1. The number of sulfonamides is 1. The zero-order valence-corrected chi connectivity index (χ0v) is 18.8. The molecule has 1 N–H and O–H groups in total. The summed E-state index contributed by atoms with van der Waals surface area (Å²) >= 11 is 0. The molecule has 0 radical (unpaired) electrons. The number of rotatable bonds is 6. The van der Waals surface area contributed by atoms with Crippen LogP contribution in [0.15, 0.2) is 64.6 Å². The fourth-order valence-corrected chi connectivity index (χ4v) is 5.04. The topological polar surface area (TPSA) is 78.8 Å². The van der Waals surface area contributed by atoms with E-state index >= 15 is 0 Å². The molecule has 1 aliphatic rings. The molecule has 2 aromatic rings. The van der Waals surface area contributed by atoms with Gasteiger partial charge in [-0.2, -0.15) is 18.3 Å². The highest BCUT2D eigenvalue weighted by Crippen LogP contribution is 2.33. The average Bonchev–Trinajstić information content (AvgIpc) is 2.77. The zero-order valence-electron chi connectivity index (χ0n) is 18.0. The molecule has 0 spiro atoms. The second-order valence-electron chi connectivity index (χ2n) is 7.85. The second-order valence-corrected chi connectivity index (χ2v) is 9.72. The van der Waals surface area contributed by atoms with Gasteiger partial charge in [0.1, 0.15) is 6.54 Å². The lowest BCUT2D eigenvalue weighted by Crippen LogP contribution is -2.40. The highest BCUT2D eigenvalue weighted by molar-refractivity contribution is 7.92. The van der Waals surface area contributed by atoms with Crippen molar-refractivity contribution in [3.63, 3.8) is 0 Å². The number of carbonyl (C=O) groups is 1. The highest BCUT2D eigenvalue weighted by atomic mass is 32.2. The van der Waals surface area contributed by atoms with Crippen LogP contribution in [0.25, 0.3) is 0 Å². The van der Waals surface area contributed by atoms with E-state index in [1.165, 1.54) is 36.8 Å². The van der Waals surface area contributed by atoms with Crippen LogP contribution < -0.4 is 9.73 Å². The second kappa shape index (κ2) is 10.8. The Balaban J connectivity index is 1.88. The van der Waals surface area contributed by atoms with E-state index in [0.29, 0.717) is 10.4 Å². The minimum absolute atomic E-state index is 0.137.